The average molecular weight is 296 g/mol. The zero-order chi connectivity index (χ0) is 14.4. The summed E-state index contributed by atoms with van der Waals surface area (Å²) in [7, 11) is 1.96. The van der Waals surface area contributed by atoms with Gasteiger partial charge in [-0.1, -0.05) is 56.0 Å². The van der Waals surface area contributed by atoms with Crippen molar-refractivity contribution in [1.82, 2.24) is 5.32 Å². The van der Waals surface area contributed by atoms with Gasteiger partial charge in [-0.25, -0.2) is 0 Å². The van der Waals surface area contributed by atoms with Crippen LogP contribution in [0.25, 0.3) is 0 Å². The highest BCUT2D eigenvalue weighted by molar-refractivity contribution is 6.31. The largest absolute Gasteiger partial charge is 0.369 e. The molecule has 3 unspecified atom stereocenters. The first-order valence-electron chi connectivity index (χ1n) is 7.80. The van der Waals surface area contributed by atoms with E-state index in [1.54, 1.807) is 0 Å². The molecule has 1 N–H and O–H groups in total. The summed E-state index contributed by atoms with van der Waals surface area (Å²) in [4.78, 5) is 0. The van der Waals surface area contributed by atoms with Crippen molar-refractivity contribution in [2.24, 2.45) is 5.92 Å². The predicted octanol–water partition coefficient (Wildman–Crippen LogP) is 4.59. The Morgan fingerprint density at radius 1 is 1.30 bits per heavy atom. The van der Waals surface area contributed by atoms with Crippen LogP contribution < -0.4 is 5.32 Å². The Kier molecular flexibility index (Phi) is 6.34. The number of benzene rings is 1. The van der Waals surface area contributed by atoms with Gasteiger partial charge in [-0.3, -0.25) is 0 Å². The number of hydrogen-bond donors (Lipinski definition) is 1. The second kappa shape index (κ2) is 8.02. The number of likely N-dealkylation sites (N-methyl/N-ethyl adjacent to an activating group) is 1. The Morgan fingerprint density at radius 3 is 2.75 bits per heavy atom. The molecule has 2 rings (SSSR count). The maximum absolute atomic E-state index is 6.46. The van der Waals surface area contributed by atoms with E-state index < -0.39 is 0 Å². The van der Waals surface area contributed by atoms with Crippen LogP contribution in [0.3, 0.4) is 0 Å². The molecule has 0 amide bonds. The summed E-state index contributed by atoms with van der Waals surface area (Å²) in [6, 6.07) is 8.03. The second-order valence-electron chi connectivity index (χ2n) is 5.70. The Hall–Kier alpha value is -0.570. The highest BCUT2D eigenvalue weighted by Gasteiger charge is 2.28. The van der Waals surface area contributed by atoms with Gasteiger partial charge in [-0.15, -0.1) is 0 Å². The summed E-state index contributed by atoms with van der Waals surface area (Å²) in [5.74, 6) is 0.700. The van der Waals surface area contributed by atoms with Crippen LogP contribution in [-0.2, 0) is 4.74 Å². The van der Waals surface area contributed by atoms with E-state index >= 15 is 0 Å². The molecule has 1 aliphatic carbocycles. The standard InChI is InChI=1S/C17H26ClNO/c1-3-13-8-4-7-11-16(13)20-17(12-19-2)14-9-5-6-10-15(14)18/h5-6,9-10,13,16-17,19H,3-4,7-8,11-12H2,1-2H3. The topological polar surface area (TPSA) is 21.3 Å². The normalized spacial score (nSPS) is 24.6. The number of halogens is 1. The maximum atomic E-state index is 6.46. The summed E-state index contributed by atoms with van der Waals surface area (Å²) in [5, 5.41) is 4.03. The molecule has 0 aliphatic heterocycles. The van der Waals surface area contributed by atoms with Gasteiger partial charge in [-0.05, 0) is 31.9 Å². The predicted molar refractivity (Wildman–Crippen MR) is 85.2 cm³/mol. The van der Waals surface area contributed by atoms with Crippen molar-refractivity contribution >= 4 is 11.6 Å². The first-order chi connectivity index (χ1) is 9.76. The zero-order valence-corrected chi connectivity index (χ0v) is 13.3. The lowest BCUT2D eigenvalue weighted by Crippen LogP contribution is -2.32. The minimum absolute atomic E-state index is 0.0471. The average Bonchev–Trinajstić information content (AvgIpc) is 2.48. The molecule has 3 atom stereocenters. The number of nitrogens with one attached hydrogen (secondary N) is 1. The fourth-order valence-corrected chi connectivity index (χ4v) is 3.44. The number of hydrogen-bond acceptors (Lipinski definition) is 2. The smallest absolute Gasteiger partial charge is 0.0967 e. The summed E-state index contributed by atoms with van der Waals surface area (Å²) in [5.41, 5.74) is 1.10. The highest BCUT2D eigenvalue weighted by atomic mass is 35.5. The van der Waals surface area contributed by atoms with E-state index in [9.17, 15) is 0 Å². The lowest BCUT2D eigenvalue weighted by molar-refractivity contribution is -0.0610. The monoisotopic (exact) mass is 295 g/mol. The molecule has 1 aliphatic rings. The van der Waals surface area contributed by atoms with Gasteiger partial charge in [0.25, 0.3) is 0 Å². The molecule has 1 aromatic rings. The van der Waals surface area contributed by atoms with Crippen molar-refractivity contribution in [2.75, 3.05) is 13.6 Å². The number of rotatable bonds is 6. The van der Waals surface area contributed by atoms with Crippen molar-refractivity contribution in [1.29, 1.82) is 0 Å². The Bertz CT molecular complexity index is 410. The van der Waals surface area contributed by atoms with Gasteiger partial charge >= 0.3 is 0 Å². The zero-order valence-electron chi connectivity index (χ0n) is 12.6. The van der Waals surface area contributed by atoms with E-state index in [4.69, 9.17) is 16.3 Å². The first kappa shape index (κ1) is 15.8. The van der Waals surface area contributed by atoms with Crippen LogP contribution in [0, 0.1) is 5.92 Å². The van der Waals surface area contributed by atoms with Crippen molar-refractivity contribution in [3.05, 3.63) is 34.9 Å². The summed E-state index contributed by atoms with van der Waals surface area (Å²) in [6.45, 7) is 3.07. The van der Waals surface area contributed by atoms with Crippen LogP contribution in [0.4, 0.5) is 0 Å². The Morgan fingerprint density at radius 2 is 2.05 bits per heavy atom. The van der Waals surface area contributed by atoms with E-state index in [1.807, 2.05) is 25.2 Å². The summed E-state index contributed by atoms with van der Waals surface area (Å²) in [6.07, 6.45) is 6.75. The molecule has 1 aromatic carbocycles. The van der Waals surface area contributed by atoms with Gasteiger partial charge in [0.05, 0.1) is 12.2 Å². The fourth-order valence-electron chi connectivity index (χ4n) is 3.18. The third-order valence-electron chi connectivity index (χ3n) is 4.34. The molecule has 0 aromatic heterocycles. The van der Waals surface area contributed by atoms with Crippen LogP contribution in [0.1, 0.15) is 50.7 Å². The van der Waals surface area contributed by atoms with E-state index in [-0.39, 0.29) is 6.10 Å². The van der Waals surface area contributed by atoms with E-state index in [2.05, 4.69) is 18.3 Å². The molecule has 2 nitrogen and oxygen atoms in total. The molecular formula is C17H26ClNO. The molecule has 1 saturated carbocycles. The summed E-state index contributed by atoms with van der Waals surface area (Å²) >= 11 is 6.33. The van der Waals surface area contributed by atoms with Gasteiger partial charge in [-0.2, -0.15) is 0 Å². The molecule has 0 heterocycles. The van der Waals surface area contributed by atoms with E-state index in [0.717, 1.165) is 17.1 Å². The van der Waals surface area contributed by atoms with Crippen LogP contribution in [0.15, 0.2) is 24.3 Å². The van der Waals surface area contributed by atoms with Gasteiger partial charge in [0.1, 0.15) is 0 Å². The van der Waals surface area contributed by atoms with Gasteiger partial charge in [0, 0.05) is 17.1 Å². The van der Waals surface area contributed by atoms with Gasteiger partial charge in [0.15, 0.2) is 0 Å². The first-order valence-corrected chi connectivity index (χ1v) is 8.18. The van der Waals surface area contributed by atoms with Gasteiger partial charge in [0.2, 0.25) is 0 Å². The molecule has 112 valence electrons. The minimum Gasteiger partial charge on any atom is -0.369 e. The molecule has 20 heavy (non-hydrogen) atoms. The Labute approximate surface area is 127 Å². The van der Waals surface area contributed by atoms with E-state index in [0.29, 0.717) is 12.0 Å². The maximum Gasteiger partial charge on any atom is 0.0967 e. The SMILES string of the molecule is CCC1CCCCC1OC(CNC)c1ccccc1Cl. The lowest BCUT2D eigenvalue weighted by atomic mass is 9.84. The van der Waals surface area contributed by atoms with E-state index in [1.165, 1.54) is 32.1 Å². The molecule has 1 fully saturated rings. The molecule has 0 spiro atoms. The quantitative estimate of drug-likeness (QED) is 0.829. The number of ether oxygens (including phenoxy) is 1. The van der Waals surface area contributed by atoms with Crippen molar-refractivity contribution in [3.63, 3.8) is 0 Å². The van der Waals surface area contributed by atoms with Gasteiger partial charge < -0.3 is 10.1 Å². The minimum atomic E-state index is 0.0471. The highest BCUT2D eigenvalue weighted by Crippen LogP contribution is 2.34. The van der Waals surface area contributed by atoms with Crippen LogP contribution in [0.5, 0.6) is 0 Å². The molecule has 3 heteroatoms. The van der Waals surface area contributed by atoms with Crippen LogP contribution in [0.2, 0.25) is 5.02 Å². The molecule has 0 radical (unpaired) electrons. The Balaban J connectivity index is 2.10. The molecular weight excluding hydrogens is 270 g/mol. The van der Waals surface area contributed by atoms with Crippen molar-refractivity contribution < 1.29 is 4.74 Å². The second-order valence-corrected chi connectivity index (χ2v) is 6.10. The fraction of sp³-hybridized carbons (Fsp3) is 0.647. The van der Waals surface area contributed by atoms with Crippen molar-refractivity contribution in [2.45, 2.75) is 51.2 Å². The lowest BCUT2D eigenvalue weighted by Gasteiger charge is -2.34. The third-order valence-corrected chi connectivity index (χ3v) is 4.69. The molecule has 0 saturated heterocycles. The van der Waals surface area contributed by atoms with Crippen LogP contribution in [-0.4, -0.2) is 19.7 Å². The van der Waals surface area contributed by atoms with Crippen LogP contribution >= 0.6 is 11.6 Å². The third kappa shape index (κ3) is 3.97. The summed E-state index contributed by atoms with van der Waals surface area (Å²) < 4.78 is 6.46. The van der Waals surface area contributed by atoms with Crippen molar-refractivity contribution in [3.8, 4) is 0 Å². The molecule has 0 bridgehead atoms.